The number of amides is 1. The summed E-state index contributed by atoms with van der Waals surface area (Å²) in [5.41, 5.74) is 0.685. The molecule has 0 aliphatic carbocycles. The first-order chi connectivity index (χ1) is 10.9. The average Bonchev–Trinajstić information content (AvgIpc) is 3.16. The first-order valence-electron chi connectivity index (χ1n) is 7.35. The number of thioether (sulfide) groups is 1. The summed E-state index contributed by atoms with van der Waals surface area (Å²) in [6.07, 6.45) is 3.61. The summed E-state index contributed by atoms with van der Waals surface area (Å²) in [5, 5.41) is 9.34. The monoisotopic (exact) mass is 337 g/mol. The molecule has 0 saturated carbocycles. The molecule has 0 spiro atoms. The Morgan fingerprint density at radius 2 is 2.22 bits per heavy atom. The maximum atomic E-state index is 12.7. The molecule has 2 unspecified atom stereocenters. The van der Waals surface area contributed by atoms with Crippen LogP contribution in [0.1, 0.15) is 26.0 Å². The minimum atomic E-state index is -1.08. The first kappa shape index (κ1) is 17.3. The van der Waals surface area contributed by atoms with Crippen molar-refractivity contribution in [1.82, 2.24) is 4.90 Å². The van der Waals surface area contributed by atoms with Gasteiger partial charge in [0.25, 0.3) is 0 Å². The van der Waals surface area contributed by atoms with Gasteiger partial charge in [0.2, 0.25) is 5.91 Å². The smallest absolute Gasteiger partial charge is 0.330 e. The minimum absolute atomic E-state index is 0.0538. The summed E-state index contributed by atoms with van der Waals surface area (Å²) in [7, 11) is 0. The molecule has 0 radical (unpaired) electrons. The molecule has 0 fully saturated rings. The minimum Gasteiger partial charge on any atom is -0.479 e. The molecule has 0 saturated heterocycles. The van der Waals surface area contributed by atoms with E-state index in [1.807, 2.05) is 6.92 Å². The second kappa shape index (κ2) is 7.50. The van der Waals surface area contributed by atoms with Gasteiger partial charge < -0.3 is 14.4 Å². The van der Waals surface area contributed by atoms with Crippen LogP contribution in [0.5, 0.6) is 0 Å². The fourth-order valence-corrected chi connectivity index (χ4v) is 3.29. The molecule has 0 aromatic carbocycles. The Morgan fingerprint density at radius 3 is 2.74 bits per heavy atom. The number of hydrogen-bond donors (Lipinski definition) is 1. The number of furan rings is 1. The fraction of sp³-hybridized carbons (Fsp3) is 0.438. The van der Waals surface area contributed by atoms with Gasteiger partial charge in [-0.05, 0) is 24.6 Å². The molecule has 1 N–H and O–H groups in total. The molecule has 7 heteroatoms. The zero-order valence-electron chi connectivity index (χ0n) is 13.0. The predicted molar refractivity (Wildman–Crippen MR) is 86.7 cm³/mol. The van der Waals surface area contributed by atoms with Gasteiger partial charge >= 0.3 is 5.97 Å². The van der Waals surface area contributed by atoms with Crippen LogP contribution in [0.25, 0.3) is 5.57 Å². The molecule has 1 aliphatic heterocycles. The van der Waals surface area contributed by atoms with E-state index in [0.29, 0.717) is 23.5 Å². The van der Waals surface area contributed by atoms with Crippen molar-refractivity contribution >= 4 is 34.3 Å². The summed E-state index contributed by atoms with van der Waals surface area (Å²) < 4.78 is 5.29. The van der Waals surface area contributed by atoms with Crippen molar-refractivity contribution in [3.8, 4) is 0 Å². The predicted octanol–water partition coefficient (Wildman–Crippen LogP) is 2.26. The van der Waals surface area contributed by atoms with E-state index in [9.17, 15) is 19.5 Å². The summed E-state index contributed by atoms with van der Waals surface area (Å²) in [5.74, 6) is -0.767. The number of carbonyl (C=O) groups excluding carboxylic acids is 2. The highest BCUT2D eigenvalue weighted by molar-refractivity contribution is 8.13. The average molecular weight is 337 g/mol. The van der Waals surface area contributed by atoms with Gasteiger partial charge in [0.15, 0.2) is 5.12 Å². The van der Waals surface area contributed by atoms with Crippen LogP contribution in [0.15, 0.2) is 28.9 Å². The number of carboxylic acid groups (broad SMARTS) is 1. The largest absolute Gasteiger partial charge is 0.479 e. The van der Waals surface area contributed by atoms with E-state index in [4.69, 9.17) is 4.42 Å². The zero-order chi connectivity index (χ0) is 17.0. The Hall–Kier alpha value is -2.02. The third-order valence-electron chi connectivity index (χ3n) is 3.74. The van der Waals surface area contributed by atoms with E-state index in [1.165, 1.54) is 18.1 Å². The number of nitrogens with zero attached hydrogens (tertiary/aromatic N) is 1. The Kier molecular flexibility index (Phi) is 5.65. The van der Waals surface area contributed by atoms with Gasteiger partial charge in [-0.1, -0.05) is 18.7 Å². The molecular weight excluding hydrogens is 318 g/mol. The summed E-state index contributed by atoms with van der Waals surface area (Å²) in [6, 6.07) is 2.45. The highest BCUT2D eigenvalue weighted by Crippen LogP contribution is 2.28. The molecule has 124 valence electrons. The van der Waals surface area contributed by atoms with Crippen molar-refractivity contribution < 1.29 is 23.9 Å². The number of aliphatic carboxylic acids is 1. The van der Waals surface area contributed by atoms with Gasteiger partial charge in [0.05, 0.1) is 12.8 Å². The molecule has 1 aliphatic rings. The second-order valence-electron chi connectivity index (χ2n) is 5.33. The van der Waals surface area contributed by atoms with Crippen LogP contribution in [0.3, 0.4) is 0 Å². The maximum Gasteiger partial charge on any atom is 0.330 e. The lowest BCUT2D eigenvalue weighted by Gasteiger charge is -2.26. The van der Waals surface area contributed by atoms with Gasteiger partial charge in [-0.25, -0.2) is 4.79 Å². The zero-order valence-corrected chi connectivity index (χ0v) is 13.8. The summed E-state index contributed by atoms with van der Waals surface area (Å²) in [6.45, 7) is 3.51. The third kappa shape index (κ3) is 4.04. The van der Waals surface area contributed by atoms with Crippen molar-refractivity contribution in [2.45, 2.75) is 26.3 Å². The molecule has 0 bridgehead atoms. The Morgan fingerprint density at radius 1 is 1.48 bits per heavy atom. The summed E-state index contributed by atoms with van der Waals surface area (Å²) in [4.78, 5) is 36.6. The van der Waals surface area contributed by atoms with Gasteiger partial charge in [-0.3, -0.25) is 9.59 Å². The number of carbonyl (C=O) groups is 3. The number of hydrogen-bond acceptors (Lipinski definition) is 5. The van der Waals surface area contributed by atoms with Crippen LogP contribution < -0.4 is 0 Å². The van der Waals surface area contributed by atoms with Crippen LogP contribution in [0, 0.1) is 5.92 Å². The van der Waals surface area contributed by atoms with Crippen molar-refractivity contribution in [2.24, 2.45) is 5.92 Å². The Balaban J connectivity index is 2.15. The van der Waals surface area contributed by atoms with Gasteiger partial charge in [-0.2, -0.15) is 0 Å². The van der Waals surface area contributed by atoms with Gasteiger partial charge in [0, 0.05) is 24.2 Å². The van der Waals surface area contributed by atoms with Crippen LogP contribution in [0.2, 0.25) is 0 Å². The molecule has 2 atom stereocenters. The lowest BCUT2D eigenvalue weighted by molar-refractivity contribution is -0.148. The fourth-order valence-electron chi connectivity index (χ4n) is 2.47. The number of rotatable bonds is 6. The Labute approximate surface area is 138 Å². The third-order valence-corrected chi connectivity index (χ3v) is 4.71. The summed E-state index contributed by atoms with van der Waals surface area (Å²) >= 11 is 1.09. The molecular formula is C16H19NO5S. The van der Waals surface area contributed by atoms with E-state index in [1.54, 1.807) is 18.2 Å². The van der Waals surface area contributed by atoms with Crippen LogP contribution >= 0.6 is 11.8 Å². The van der Waals surface area contributed by atoms with Crippen LogP contribution in [0.4, 0.5) is 0 Å². The SMILES string of the molecule is CCC(CSC(C)=O)C(=O)N1CC(c2ccco2)=CC1C(=O)O. The molecule has 1 aromatic rings. The van der Waals surface area contributed by atoms with Crippen molar-refractivity contribution in [1.29, 1.82) is 0 Å². The maximum absolute atomic E-state index is 12.7. The normalized spacial score (nSPS) is 18.6. The van der Waals surface area contributed by atoms with Crippen molar-refractivity contribution in [3.63, 3.8) is 0 Å². The van der Waals surface area contributed by atoms with Gasteiger partial charge in [-0.15, -0.1) is 0 Å². The van der Waals surface area contributed by atoms with E-state index in [2.05, 4.69) is 0 Å². The van der Waals surface area contributed by atoms with Gasteiger partial charge in [0.1, 0.15) is 11.8 Å². The van der Waals surface area contributed by atoms with E-state index in [0.717, 1.165) is 11.8 Å². The standard InChI is InChI=1S/C16H19NO5S/c1-3-11(9-23-10(2)18)15(19)17-8-12(7-13(17)16(20)21)14-5-4-6-22-14/h4-7,11,13H,3,8-9H2,1-2H3,(H,20,21). The highest BCUT2D eigenvalue weighted by Gasteiger charge is 2.37. The van der Waals surface area contributed by atoms with Crippen LogP contribution in [-0.4, -0.2) is 45.3 Å². The molecule has 2 heterocycles. The second-order valence-corrected chi connectivity index (χ2v) is 6.52. The Bertz CT molecular complexity index is 622. The highest BCUT2D eigenvalue weighted by atomic mass is 32.2. The quantitative estimate of drug-likeness (QED) is 0.857. The van der Waals surface area contributed by atoms with E-state index in [-0.39, 0.29) is 23.5 Å². The molecule has 6 nitrogen and oxygen atoms in total. The first-order valence-corrected chi connectivity index (χ1v) is 8.33. The van der Waals surface area contributed by atoms with Crippen molar-refractivity contribution in [3.05, 3.63) is 30.2 Å². The topological polar surface area (TPSA) is 87.8 Å². The lowest BCUT2D eigenvalue weighted by atomic mass is 10.1. The van der Waals surface area contributed by atoms with Crippen LogP contribution in [-0.2, 0) is 14.4 Å². The molecule has 2 rings (SSSR count). The van der Waals surface area contributed by atoms with E-state index >= 15 is 0 Å². The molecule has 23 heavy (non-hydrogen) atoms. The molecule has 1 aromatic heterocycles. The molecule has 1 amide bonds. The van der Waals surface area contributed by atoms with Crippen molar-refractivity contribution in [2.75, 3.05) is 12.3 Å². The lowest BCUT2D eigenvalue weighted by Crippen LogP contribution is -2.44. The number of carboxylic acids is 1. The van der Waals surface area contributed by atoms with E-state index < -0.39 is 12.0 Å².